The van der Waals surface area contributed by atoms with Crippen molar-refractivity contribution >= 4 is 35.5 Å². The lowest BCUT2D eigenvalue weighted by Gasteiger charge is -2.24. The number of anilines is 1. The molecule has 12 nitrogen and oxygen atoms in total. The molecule has 2 unspecified atom stereocenters. The number of halogens is 1. The molecular weight excluding hydrogens is 537 g/mol. The third-order valence-electron chi connectivity index (χ3n) is 5.63. The molecule has 2 aromatic rings. The third kappa shape index (κ3) is 7.73. The number of rotatable bonds is 12. The lowest BCUT2D eigenvalue weighted by Crippen LogP contribution is -2.37. The summed E-state index contributed by atoms with van der Waals surface area (Å²) in [6, 6.07) is 11.8. The molecule has 38 heavy (non-hydrogen) atoms. The van der Waals surface area contributed by atoms with Gasteiger partial charge < -0.3 is 41.1 Å². The topological polar surface area (TPSA) is 184 Å². The first kappa shape index (κ1) is 29.5. The van der Waals surface area contributed by atoms with E-state index in [9.17, 15) is 19.4 Å². The standard InChI is InChI=1S/C23H31FN6O6P2/c1-23(37-33,38-34)36-21(31)28-12-18-13-30(22(32)35-18)17-6-7-19(20(24)8-17)15-4-2-14(3-5-15)10-27-11-16(9-25)29-26/h2-9,18,27,29,33-34,37-38H,10-13,25-26H2,1H3,(H,28,31)/b16-9-/t18-/m0/s1. The molecule has 1 aliphatic heterocycles. The molecule has 0 bridgehead atoms. The van der Waals surface area contributed by atoms with Gasteiger partial charge in [-0.1, -0.05) is 24.3 Å². The lowest BCUT2D eigenvalue weighted by atomic mass is 10.0. The van der Waals surface area contributed by atoms with Gasteiger partial charge >= 0.3 is 12.2 Å². The average Bonchev–Trinajstić information content (AvgIpc) is 3.30. The maximum Gasteiger partial charge on any atom is 0.414 e. The Morgan fingerprint density at radius 3 is 2.61 bits per heavy atom. The van der Waals surface area contributed by atoms with E-state index in [2.05, 4.69) is 16.1 Å². The van der Waals surface area contributed by atoms with E-state index in [1.165, 1.54) is 24.1 Å². The van der Waals surface area contributed by atoms with Gasteiger partial charge in [-0.3, -0.25) is 10.7 Å². The van der Waals surface area contributed by atoms with E-state index in [0.29, 0.717) is 35.6 Å². The van der Waals surface area contributed by atoms with Crippen molar-refractivity contribution in [2.45, 2.75) is 24.7 Å². The Bertz CT molecular complexity index is 1150. The summed E-state index contributed by atoms with van der Waals surface area (Å²) in [4.78, 5) is 44.1. The van der Waals surface area contributed by atoms with Crippen LogP contribution >= 0.6 is 17.6 Å². The molecule has 1 fully saturated rings. The number of ether oxygens (including phenoxy) is 2. The van der Waals surface area contributed by atoms with Gasteiger partial charge in [-0.25, -0.2) is 14.0 Å². The van der Waals surface area contributed by atoms with Gasteiger partial charge in [-0.15, -0.1) is 0 Å². The summed E-state index contributed by atoms with van der Waals surface area (Å²) in [5.74, 6) is 4.83. The Labute approximate surface area is 222 Å². The van der Waals surface area contributed by atoms with E-state index in [1.807, 2.05) is 12.1 Å². The second kappa shape index (κ2) is 13.7. The van der Waals surface area contributed by atoms with Gasteiger partial charge in [0.05, 0.1) is 42.1 Å². The van der Waals surface area contributed by atoms with E-state index in [-0.39, 0.29) is 13.1 Å². The molecule has 15 heteroatoms. The second-order valence-electron chi connectivity index (χ2n) is 8.44. The molecule has 9 N–H and O–H groups in total. The third-order valence-corrected chi connectivity index (χ3v) is 7.36. The van der Waals surface area contributed by atoms with Crippen LogP contribution in [-0.2, 0) is 16.0 Å². The van der Waals surface area contributed by atoms with Crippen molar-refractivity contribution in [1.29, 1.82) is 0 Å². The second-order valence-corrected chi connectivity index (χ2v) is 11.3. The van der Waals surface area contributed by atoms with Gasteiger partial charge in [0, 0.05) is 24.9 Å². The van der Waals surface area contributed by atoms with Crippen LogP contribution in [0.1, 0.15) is 12.5 Å². The van der Waals surface area contributed by atoms with Gasteiger partial charge in [0.15, 0.2) is 5.08 Å². The van der Waals surface area contributed by atoms with Crippen LogP contribution < -0.4 is 32.5 Å². The maximum absolute atomic E-state index is 15.0. The SMILES string of the molecule is CC(OC(=O)NC[C@H]1CN(c2ccc(-c3ccc(CNC/C(=C/N)NN)cc3)c(F)c2)C(=O)O1)(PO)PO. The van der Waals surface area contributed by atoms with Crippen molar-refractivity contribution in [2.75, 3.05) is 24.5 Å². The molecule has 1 heterocycles. The zero-order valence-corrected chi connectivity index (χ0v) is 22.5. The van der Waals surface area contributed by atoms with Crippen LogP contribution in [0.4, 0.5) is 19.7 Å². The number of alkyl carbamates (subject to hydrolysis) is 1. The number of hydrazine groups is 1. The lowest BCUT2D eigenvalue weighted by molar-refractivity contribution is 0.109. The van der Waals surface area contributed by atoms with Crippen LogP contribution in [0.25, 0.3) is 11.1 Å². The highest BCUT2D eigenvalue weighted by Gasteiger charge is 2.34. The van der Waals surface area contributed by atoms with Crippen LogP contribution in [0, 0.1) is 5.82 Å². The number of nitrogens with one attached hydrogen (secondary N) is 3. The summed E-state index contributed by atoms with van der Waals surface area (Å²) in [7, 11) is -1.60. The summed E-state index contributed by atoms with van der Waals surface area (Å²) >= 11 is 0. The number of nitrogens with zero attached hydrogens (tertiary/aromatic N) is 1. The molecule has 0 saturated carbocycles. The van der Waals surface area contributed by atoms with E-state index in [1.54, 1.807) is 24.3 Å². The quantitative estimate of drug-likeness (QED) is 0.113. The molecular formula is C23H31FN6O6P2. The Hall–Kier alpha value is -3.05. The van der Waals surface area contributed by atoms with Gasteiger partial charge in [0.25, 0.3) is 0 Å². The molecule has 206 valence electrons. The van der Waals surface area contributed by atoms with Crippen LogP contribution in [-0.4, -0.2) is 52.8 Å². The molecule has 0 spiro atoms. The highest BCUT2D eigenvalue weighted by molar-refractivity contribution is 7.52. The fourth-order valence-corrected chi connectivity index (χ4v) is 4.01. The first-order valence-electron chi connectivity index (χ1n) is 11.5. The van der Waals surface area contributed by atoms with Crippen molar-refractivity contribution in [3.63, 3.8) is 0 Å². The Kier molecular flexibility index (Phi) is 10.6. The number of amides is 2. The van der Waals surface area contributed by atoms with Crippen LogP contribution in [0.5, 0.6) is 0 Å². The molecule has 1 aliphatic rings. The van der Waals surface area contributed by atoms with Crippen molar-refractivity contribution in [1.82, 2.24) is 16.1 Å². The summed E-state index contributed by atoms with van der Waals surface area (Å²) in [5, 5.41) is 4.24. The Balaban J connectivity index is 1.57. The smallest absolute Gasteiger partial charge is 0.414 e. The van der Waals surface area contributed by atoms with Crippen molar-refractivity contribution in [3.05, 3.63) is 65.7 Å². The Morgan fingerprint density at radius 1 is 1.29 bits per heavy atom. The average molecular weight is 568 g/mol. The van der Waals surface area contributed by atoms with Crippen molar-refractivity contribution in [3.8, 4) is 11.1 Å². The largest absolute Gasteiger partial charge is 0.442 e. The number of hydrogen-bond donors (Lipinski definition) is 7. The molecule has 0 radical (unpaired) electrons. The summed E-state index contributed by atoms with van der Waals surface area (Å²) in [6.45, 7) is 2.45. The zero-order chi connectivity index (χ0) is 27.7. The fourth-order valence-electron chi connectivity index (χ4n) is 3.54. The molecule has 0 aromatic heterocycles. The molecule has 1 saturated heterocycles. The highest BCUT2D eigenvalue weighted by atomic mass is 31.1. The van der Waals surface area contributed by atoms with E-state index in [4.69, 9.17) is 21.1 Å². The predicted octanol–water partition coefficient (Wildman–Crippen LogP) is 1.74. The summed E-state index contributed by atoms with van der Waals surface area (Å²) < 4.78 is 25.3. The number of hydrogen-bond acceptors (Lipinski definition) is 10. The summed E-state index contributed by atoms with van der Waals surface area (Å²) in [5.41, 5.74) is 10.9. The van der Waals surface area contributed by atoms with Gasteiger partial charge in [-0.2, -0.15) is 0 Å². The van der Waals surface area contributed by atoms with Crippen molar-refractivity contribution in [2.24, 2.45) is 11.6 Å². The molecule has 0 aliphatic carbocycles. The maximum atomic E-state index is 15.0. The van der Waals surface area contributed by atoms with Crippen LogP contribution in [0.3, 0.4) is 0 Å². The fraction of sp³-hybridized carbons (Fsp3) is 0.304. The van der Waals surface area contributed by atoms with Gasteiger partial charge in [0.2, 0.25) is 0 Å². The number of cyclic esters (lactones) is 1. The molecule has 2 amide bonds. The first-order valence-corrected chi connectivity index (χ1v) is 13.4. The van der Waals surface area contributed by atoms with E-state index in [0.717, 1.165) is 5.56 Å². The first-order chi connectivity index (χ1) is 18.2. The summed E-state index contributed by atoms with van der Waals surface area (Å²) in [6.07, 6.45) is -0.861. The number of carbonyl (C=O) groups is 2. The Morgan fingerprint density at radius 2 is 2.00 bits per heavy atom. The normalized spacial score (nSPS) is 17.7. The van der Waals surface area contributed by atoms with Crippen LogP contribution in [0.15, 0.2) is 54.4 Å². The zero-order valence-electron chi connectivity index (χ0n) is 20.5. The minimum absolute atomic E-state index is 0.0610. The molecule has 3 atom stereocenters. The highest BCUT2D eigenvalue weighted by Crippen LogP contribution is 2.42. The monoisotopic (exact) mass is 568 g/mol. The number of benzene rings is 2. The van der Waals surface area contributed by atoms with Gasteiger partial charge in [-0.05, 0) is 36.2 Å². The molecule has 3 rings (SSSR count). The minimum atomic E-state index is -1.38. The molecule has 2 aromatic carbocycles. The number of nitrogens with two attached hydrogens (primary N) is 2. The predicted molar refractivity (Wildman–Crippen MR) is 145 cm³/mol. The minimum Gasteiger partial charge on any atom is -0.442 e. The van der Waals surface area contributed by atoms with Crippen LogP contribution in [0.2, 0.25) is 0 Å². The van der Waals surface area contributed by atoms with Crippen molar-refractivity contribution < 1.29 is 33.2 Å². The van der Waals surface area contributed by atoms with E-state index < -0.39 is 46.8 Å². The number of carbonyl (C=O) groups excluding carboxylic acids is 2. The van der Waals surface area contributed by atoms with Gasteiger partial charge in [0.1, 0.15) is 11.9 Å². The van der Waals surface area contributed by atoms with E-state index >= 15 is 4.39 Å².